The van der Waals surface area contributed by atoms with E-state index < -0.39 is 0 Å². The first-order valence-electron chi connectivity index (χ1n) is 7.16. The molecule has 0 spiro atoms. The SMILES string of the molecule is COc1cccc(-c2nn(C(C)C)c3c2CNCC3)c1. The molecule has 4 heteroatoms. The Hall–Kier alpha value is -1.81. The maximum atomic E-state index is 5.32. The van der Waals surface area contributed by atoms with Crippen LogP contribution in [0.1, 0.15) is 31.1 Å². The van der Waals surface area contributed by atoms with Crippen molar-refractivity contribution < 1.29 is 4.74 Å². The Labute approximate surface area is 119 Å². The Kier molecular flexibility index (Phi) is 3.49. The number of hydrogen-bond acceptors (Lipinski definition) is 3. The van der Waals surface area contributed by atoms with Gasteiger partial charge in [0.25, 0.3) is 0 Å². The fraction of sp³-hybridized carbons (Fsp3) is 0.438. The van der Waals surface area contributed by atoms with Crippen molar-refractivity contribution in [3.8, 4) is 17.0 Å². The molecular formula is C16H21N3O. The fourth-order valence-electron chi connectivity index (χ4n) is 2.80. The molecule has 2 heterocycles. The molecule has 3 rings (SSSR count). The molecule has 4 nitrogen and oxygen atoms in total. The standard InChI is InChI=1S/C16H21N3O/c1-11(2)19-15-7-8-17-10-14(15)16(18-19)12-5-4-6-13(9-12)20-3/h4-6,9,11,17H,7-8,10H2,1-3H3. The van der Waals surface area contributed by atoms with E-state index in [9.17, 15) is 0 Å². The van der Waals surface area contributed by atoms with Crippen LogP contribution in [0.4, 0.5) is 0 Å². The van der Waals surface area contributed by atoms with Crippen molar-refractivity contribution in [3.63, 3.8) is 0 Å². The van der Waals surface area contributed by atoms with Crippen LogP contribution < -0.4 is 10.1 Å². The van der Waals surface area contributed by atoms with Gasteiger partial charge < -0.3 is 10.1 Å². The Morgan fingerprint density at radius 3 is 2.95 bits per heavy atom. The van der Waals surface area contributed by atoms with E-state index in [0.29, 0.717) is 6.04 Å². The van der Waals surface area contributed by atoms with Gasteiger partial charge in [0, 0.05) is 42.4 Å². The van der Waals surface area contributed by atoms with Crippen molar-refractivity contribution >= 4 is 0 Å². The number of methoxy groups -OCH3 is 1. The van der Waals surface area contributed by atoms with Crippen LogP contribution in [-0.4, -0.2) is 23.4 Å². The molecule has 0 atom stereocenters. The zero-order valence-corrected chi connectivity index (χ0v) is 12.3. The Morgan fingerprint density at radius 1 is 1.35 bits per heavy atom. The second-order valence-corrected chi connectivity index (χ2v) is 5.47. The summed E-state index contributed by atoms with van der Waals surface area (Å²) in [6.07, 6.45) is 1.05. The molecule has 0 fully saturated rings. The second kappa shape index (κ2) is 5.29. The number of hydrogen-bond donors (Lipinski definition) is 1. The van der Waals surface area contributed by atoms with E-state index in [-0.39, 0.29) is 0 Å². The minimum atomic E-state index is 0.390. The van der Waals surface area contributed by atoms with Crippen LogP contribution in [0.3, 0.4) is 0 Å². The molecular weight excluding hydrogens is 250 g/mol. The lowest BCUT2D eigenvalue weighted by Gasteiger charge is -2.17. The summed E-state index contributed by atoms with van der Waals surface area (Å²) in [5.74, 6) is 0.874. The van der Waals surface area contributed by atoms with E-state index in [1.54, 1.807) is 7.11 Å². The number of ether oxygens (including phenoxy) is 1. The number of rotatable bonds is 3. The molecule has 1 aliphatic rings. The smallest absolute Gasteiger partial charge is 0.119 e. The molecule has 0 saturated heterocycles. The Bertz CT molecular complexity index is 616. The summed E-state index contributed by atoms with van der Waals surface area (Å²) in [7, 11) is 1.70. The molecule has 0 radical (unpaired) electrons. The summed E-state index contributed by atoms with van der Waals surface area (Å²) in [4.78, 5) is 0. The lowest BCUT2D eigenvalue weighted by atomic mass is 10.0. The van der Waals surface area contributed by atoms with Crippen molar-refractivity contribution in [1.29, 1.82) is 0 Å². The molecule has 0 saturated carbocycles. The van der Waals surface area contributed by atoms with Gasteiger partial charge >= 0.3 is 0 Å². The maximum absolute atomic E-state index is 5.32. The molecule has 1 aromatic carbocycles. The van der Waals surface area contributed by atoms with Gasteiger partial charge in [-0.15, -0.1) is 0 Å². The van der Waals surface area contributed by atoms with Crippen LogP contribution in [0.15, 0.2) is 24.3 Å². The van der Waals surface area contributed by atoms with Crippen molar-refractivity contribution in [3.05, 3.63) is 35.5 Å². The van der Waals surface area contributed by atoms with E-state index in [0.717, 1.165) is 36.5 Å². The molecule has 1 N–H and O–H groups in total. The minimum Gasteiger partial charge on any atom is -0.497 e. The van der Waals surface area contributed by atoms with Crippen molar-refractivity contribution in [2.45, 2.75) is 32.9 Å². The summed E-state index contributed by atoms with van der Waals surface area (Å²) in [5.41, 5.74) is 4.92. The zero-order valence-electron chi connectivity index (χ0n) is 12.3. The van der Waals surface area contributed by atoms with E-state index in [4.69, 9.17) is 9.84 Å². The first-order valence-corrected chi connectivity index (χ1v) is 7.16. The van der Waals surface area contributed by atoms with E-state index in [1.165, 1.54) is 11.3 Å². The van der Waals surface area contributed by atoms with Gasteiger partial charge in [0.05, 0.1) is 12.8 Å². The van der Waals surface area contributed by atoms with Gasteiger partial charge in [-0.1, -0.05) is 12.1 Å². The van der Waals surface area contributed by atoms with Gasteiger partial charge in [0.15, 0.2) is 0 Å². The summed E-state index contributed by atoms with van der Waals surface area (Å²) >= 11 is 0. The summed E-state index contributed by atoms with van der Waals surface area (Å²) < 4.78 is 7.50. The van der Waals surface area contributed by atoms with Gasteiger partial charge in [-0.05, 0) is 26.0 Å². The van der Waals surface area contributed by atoms with Gasteiger partial charge in [0.2, 0.25) is 0 Å². The van der Waals surface area contributed by atoms with Crippen LogP contribution in [0, 0.1) is 0 Å². The van der Waals surface area contributed by atoms with Crippen molar-refractivity contribution in [1.82, 2.24) is 15.1 Å². The topological polar surface area (TPSA) is 39.1 Å². The zero-order chi connectivity index (χ0) is 14.1. The number of nitrogens with one attached hydrogen (secondary N) is 1. The maximum Gasteiger partial charge on any atom is 0.119 e. The average Bonchev–Trinajstić information content (AvgIpc) is 2.87. The lowest BCUT2D eigenvalue weighted by molar-refractivity contribution is 0.415. The molecule has 2 aromatic rings. The van der Waals surface area contributed by atoms with Gasteiger partial charge in [-0.2, -0.15) is 5.10 Å². The summed E-state index contributed by atoms with van der Waals surface area (Å²) in [6, 6.07) is 8.53. The van der Waals surface area contributed by atoms with Gasteiger partial charge in [-0.3, -0.25) is 4.68 Å². The summed E-state index contributed by atoms with van der Waals surface area (Å²) in [5, 5.41) is 8.31. The van der Waals surface area contributed by atoms with E-state index in [1.807, 2.05) is 12.1 Å². The first-order chi connectivity index (χ1) is 9.70. The predicted octanol–water partition coefficient (Wildman–Crippen LogP) is 2.79. The number of benzene rings is 1. The monoisotopic (exact) mass is 271 g/mol. The highest BCUT2D eigenvalue weighted by Gasteiger charge is 2.22. The molecule has 0 aliphatic carbocycles. The largest absolute Gasteiger partial charge is 0.497 e. The second-order valence-electron chi connectivity index (χ2n) is 5.47. The van der Waals surface area contributed by atoms with Crippen LogP contribution in [0.2, 0.25) is 0 Å². The van der Waals surface area contributed by atoms with Crippen LogP contribution >= 0.6 is 0 Å². The van der Waals surface area contributed by atoms with Crippen LogP contribution in [0.25, 0.3) is 11.3 Å². The third-order valence-electron chi connectivity index (χ3n) is 3.79. The average molecular weight is 271 g/mol. The fourth-order valence-corrected chi connectivity index (χ4v) is 2.80. The molecule has 0 amide bonds. The molecule has 1 aliphatic heterocycles. The van der Waals surface area contributed by atoms with Crippen LogP contribution in [-0.2, 0) is 13.0 Å². The summed E-state index contributed by atoms with van der Waals surface area (Å²) in [6.45, 7) is 6.30. The molecule has 0 bridgehead atoms. The lowest BCUT2D eigenvalue weighted by Crippen LogP contribution is -2.25. The number of aromatic nitrogens is 2. The molecule has 0 unspecified atom stereocenters. The van der Waals surface area contributed by atoms with Crippen LogP contribution in [0.5, 0.6) is 5.75 Å². The normalized spacial score (nSPS) is 14.4. The highest BCUT2D eigenvalue weighted by atomic mass is 16.5. The predicted molar refractivity (Wildman–Crippen MR) is 80.0 cm³/mol. The van der Waals surface area contributed by atoms with Gasteiger partial charge in [-0.25, -0.2) is 0 Å². The Balaban J connectivity index is 2.13. The first kappa shape index (κ1) is 13.2. The minimum absolute atomic E-state index is 0.390. The molecule has 106 valence electrons. The van der Waals surface area contributed by atoms with Gasteiger partial charge in [0.1, 0.15) is 5.75 Å². The van der Waals surface area contributed by atoms with E-state index >= 15 is 0 Å². The quantitative estimate of drug-likeness (QED) is 0.933. The van der Waals surface area contributed by atoms with E-state index in [2.05, 4.69) is 36.0 Å². The van der Waals surface area contributed by atoms with Crippen molar-refractivity contribution in [2.75, 3.05) is 13.7 Å². The third kappa shape index (κ3) is 2.20. The molecule has 1 aromatic heterocycles. The van der Waals surface area contributed by atoms with Crippen molar-refractivity contribution in [2.24, 2.45) is 0 Å². The highest BCUT2D eigenvalue weighted by molar-refractivity contribution is 5.66. The Morgan fingerprint density at radius 2 is 2.20 bits per heavy atom. The molecule has 20 heavy (non-hydrogen) atoms. The highest BCUT2D eigenvalue weighted by Crippen LogP contribution is 2.31. The third-order valence-corrected chi connectivity index (χ3v) is 3.79. The number of nitrogens with zero attached hydrogens (tertiary/aromatic N) is 2. The number of fused-ring (bicyclic) bond motifs is 1.